The van der Waals surface area contributed by atoms with E-state index < -0.39 is 0 Å². The number of carbonyl (C=O) groups is 1. The first-order valence-corrected chi connectivity index (χ1v) is 8.66. The molecular weight excluding hydrogens is 318 g/mol. The summed E-state index contributed by atoms with van der Waals surface area (Å²) in [6.07, 6.45) is 5.31. The van der Waals surface area contributed by atoms with Gasteiger partial charge in [0.05, 0.1) is 10.7 Å². The highest BCUT2D eigenvalue weighted by Gasteiger charge is 2.15. The number of thiazole rings is 1. The lowest BCUT2D eigenvalue weighted by Crippen LogP contribution is -2.11. The van der Waals surface area contributed by atoms with Gasteiger partial charge in [-0.25, -0.2) is 4.98 Å². The van der Waals surface area contributed by atoms with Gasteiger partial charge in [0.1, 0.15) is 4.88 Å². The molecule has 0 spiro atoms. The standard InChI is InChI=1S/C19H19N3OS/c1-13-3-6-16(7-4-13)22-19(23)18-14(2)21-17(24-18)8-5-15-9-11-20-12-10-15/h3-4,6-7,9-12H,5,8H2,1-2H3,(H,22,23). The van der Waals surface area contributed by atoms with Crippen LogP contribution in [-0.4, -0.2) is 15.9 Å². The SMILES string of the molecule is Cc1ccc(NC(=O)c2sc(CCc3ccncc3)nc2C)cc1. The van der Waals surface area contributed by atoms with Crippen LogP contribution in [0.15, 0.2) is 48.8 Å². The number of hydrogen-bond acceptors (Lipinski definition) is 4. The van der Waals surface area contributed by atoms with E-state index in [1.165, 1.54) is 22.5 Å². The highest BCUT2D eigenvalue weighted by atomic mass is 32.1. The molecule has 1 amide bonds. The monoisotopic (exact) mass is 337 g/mol. The molecule has 0 aliphatic carbocycles. The predicted octanol–water partition coefficient (Wildman–Crippen LogP) is 4.19. The van der Waals surface area contributed by atoms with Crippen molar-refractivity contribution in [2.75, 3.05) is 5.32 Å². The Morgan fingerprint density at radius 1 is 1.04 bits per heavy atom. The maximum atomic E-state index is 12.5. The summed E-state index contributed by atoms with van der Waals surface area (Å²) in [5.74, 6) is -0.0935. The summed E-state index contributed by atoms with van der Waals surface area (Å²) >= 11 is 1.47. The van der Waals surface area contributed by atoms with Gasteiger partial charge in [0.25, 0.3) is 5.91 Å². The molecule has 0 aliphatic heterocycles. The molecule has 122 valence electrons. The summed E-state index contributed by atoms with van der Waals surface area (Å²) in [6, 6.07) is 11.8. The smallest absolute Gasteiger partial charge is 0.267 e. The Labute approximate surface area is 145 Å². The number of rotatable bonds is 5. The lowest BCUT2D eigenvalue weighted by Gasteiger charge is -2.04. The van der Waals surface area contributed by atoms with Gasteiger partial charge in [0, 0.05) is 24.5 Å². The minimum absolute atomic E-state index is 0.0935. The number of aromatic nitrogens is 2. The lowest BCUT2D eigenvalue weighted by atomic mass is 10.1. The Hall–Kier alpha value is -2.53. The second-order valence-corrected chi connectivity index (χ2v) is 6.78. The zero-order valence-electron chi connectivity index (χ0n) is 13.7. The van der Waals surface area contributed by atoms with E-state index in [1.54, 1.807) is 12.4 Å². The van der Waals surface area contributed by atoms with Crippen LogP contribution in [-0.2, 0) is 12.8 Å². The first-order chi connectivity index (χ1) is 11.6. The van der Waals surface area contributed by atoms with Crippen LogP contribution >= 0.6 is 11.3 Å². The van der Waals surface area contributed by atoms with Gasteiger partial charge in [-0.15, -0.1) is 11.3 Å². The summed E-state index contributed by atoms with van der Waals surface area (Å²) < 4.78 is 0. The molecule has 24 heavy (non-hydrogen) atoms. The fourth-order valence-electron chi connectivity index (χ4n) is 2.40. The van der Waals surface area contributed by atoms with Crippen LogP contribution in [0.1, 0.15) is 31.5 Å². The molecule has 0 bridgehead atoms. The van der Waals surface area contributed by atoms with Crippen molar-refractivity contribution < 1.29 is 4.79 Å². The van der Waals surface area contributed by atoms with Gasteiger partial charge < -0.3 is 5.32 Å². The molecule has 0 unspecified atom stereocenters. The number of pyridine rings is 1. The van der Waals surface area contributed by atoms with Gasteiger partial charge in [-0.3, -0.25) is 9.78 Å². The van der Waals surface area contributed by atoms with Crippen molar-refractivity contribution in [3.8, 4) is 0 Å². The quantitative estimate of drug-likeness (QED) is 0.759. The molecular formula is C19H19N3OS. The fraction of sp³-hybridized carbons (Fsp3) is 0.211. The minimum atomic E-state index is -0.0935. The summed E-state index contributed by atoms with van der Waals surface area (Å²) in [5, 5.41) is 3.92. The summed E-state index contributed by atoms with van der Waals surface area (Å²) in [4.78, 5) is 21.7. The van der Waals surface area contributed by atoms with E-state index in [9.17, 15) is 4.79 Å². The average molecular weight is 337 g/mol. The third-order valence-electron chi connectivity index (χ3n) is 3.73. The molecule has 2 heterocycles. The van der Waals surface area contributed by atoms with Gasteiger partial charge in [-0.1, -0.05) is 17.7 Å². The summed E-state index contributed by atoms with van der Waals surface area (Å²) in [7, 11) is 0. The van der Waals surface area contributed by atoms with Crippen LogP contribution in [0.5, 0.6) is 0 Å². The number of amides is 1. The molecule has 3 rings (SSSR count). The van der Waals surface area contributed by atoms with Crippen molar-refractivity contribution in [2.45, 2.75) is 26.7 Å². The van der Waals surface area contributed by atoms with E-state index >= 15 is 0 Å². The zero-order valence-corrected chi connectivity index (χ0v) is 14.6. The predicted molar refractivity (Wildman–Crippen MR) is 97.6 cm³/mol. The summed E-state index contributed by atoms with van der Waals surface area (Å²) in [6.45, 7) is 3.91. The van der Waals surface area contributed by atoms with Crippen molar-refractivity contribution in [3.63, 3.8) is 0 Å². The number of benzene rings is 1. The maximum absolute atomic E-state index is 12.5. The van der Waals surface area contributed by atoms with Crippen molar-refractivity contribution in [1.82, 2.24) is 9.97 Å². The summed E-state index contributed by atoms with van der Waals surface area (Å²) in [5.41, 5.74) is 3.98. The third-order valence-corrected chi connectivity index (χ3v) is 4.95. The Kier molecular flexibility index (Phi) is 5.01. The number of nitrogens with zero attached hydrogens (tertiary/aromatic N) is 2. The number of carbonyl (C=O) groups excluding carboxylic acids is 1. The molecule has 0 radical (unpaired) electrons. The molecule has 0 fully saturated rings. The van der Waals surface area contributed by atoms with Crippen LogP contribution in [0.4, 0.5) is 5.69 Å². The molecule has 3 aromatic rings. The van der Waals surface area contributed by atoms with Gasteiger partial charge in [-0.05, 0) is 50.1 Å². The first kappa shape index (κ1) is 16.3. The molecule has 2 aromatic heterocycles. The van der Waals surface area contributed by atoms with E-state index in [1.807, 2.05) is 50.2 Å². The molecule has 4 nitrogen and oxygen atoms in total. The lowest BCUT2D eigenvalue weighted by molar-refractivity contribution is 0.103. The van der Waals surface area contributed by atoms with Crippen molar-refractivity contribution >= 4 is 22.9 Å². The molecule has 0 aliphatic rings. The number of hydrogen-bond donors (Lipinski definition) is 1. The van der Waals surface area contributed by atoms with Crippen LogP contribution in [0.25, 0.3) is 0 Å². The topological polar surface area (TPSA) is 54.9 Å². The van der Waals surface area contributed by atoms with E-state index in [2.05, 4.69) is 15.3 Å². The van der Waals surface area contributed by atoms with Gasteiger partial charge in [-0.2, -0.15) is 0 Å². The second kappa shape index (κ2) is 7.36. The van der Waals surface area contributed by atoms with Crippen LogP contribution in [0.2, 0.25) is 0 Å². The van der Waals surface area contributed by atoms with E-state index in [-0.39, 0.29) is 5.91 Å². The van der Waals surface area contributed by atoms with E-state index in [4.69, 9.17) is 0 Å². The average Bonchev–Trinajstić information content (AvgIpc) is 2.97. The Morgan fingerprint density at radius 2 is 1.75 bits per heavy atom. The molecule has 5 heteroatoms. The second-order valence-electron chi connectivity index (χ2n) is 5.70. The van der Waals surface area contributed by atoms with Crippen LogP contribution in [0.3, 0.4) is 0 Å². The van der Waals surface area contributed by atoms with Crippen LogP contribution in [0, 0.1) is 13.8 Å². The number of anilines is 1. The normalized spacial score (nSPS) is 10.6. The number of aryl methyl sites for hydroxylation is 4. The molecule has 0 saturated heterocycles. The molecule has 0 atom stereocenters. The molecule has 1 N–H and O–H groups in total. The third kappa shape index (κ3) is 4.06. The highest BCUT2D eigenvalue weighted by Crippen LogP contribution is 2.21. The van der Waals surface area contributed by atoms with Crippen LogP contribution < -0.4 is 5.32 Å². The van der Waals surface area contributed by atoms with E-state index in [0.717, 1.165) is 29.2 Å². The van der Waals surface area contributed by atoms with E-state index in [0.29, 0.717) is 4.88 Å². The zero-order chi connectivity index (χ0) is 16.9. The Morgan fingerprint density at radius 3 is 2.46 bits per heavy atom. The van der Waals surface area contributed by atoms with Crippen molar-refractivity contribution in [1.29, 1.82) is 0 Å². The van der Waals surface area contributed by atoms with Gasteiger partial charge in [0.2, 0.25) is 0 Å². The largest absolute Gasteiger partial charge is 0.321 e. The number of nitrogens with one attached hydrogen (secondary N) is 1. The Bertz CT molecular complexity index is 826. The van der Waals surface area contributed by atoms with Gasteiger partial charge >= 0.3 is 0 Å². The molecule has 0 saturated carbocycles. The Balaban J connectivity index is 1.66. The minimum Gasteiger partial charge on any atom is -0.321 e. The highest BCUT2D eigenvalue weighted by molar-refractivity contribution is 7.13. The van der Waals surface area contributed by atoms with Gasteiger partial charge in [0.15, 0.2) is 0 Å². The maximum Gasteiger partial charge on any atom is 0.267 e. The van der Waals surface area contributed by atoms with Crippen molar-refractivity contribution in [2.24, 2.45) is 0 Å². The molecule has 1 aromatic carbocycles. The first-order valence-electron chi connectivity index (χ1n) is 7.85. The fourth-order valence-corrected chi connectivity index (χ4v) is 3.35. The van der Waals surface area contributed by atoms with Crippen molar-refractivity contribution in [3.05, 3.63) is 75.5 Å².